The molecule has 168 valence electrons. The van der Waals surface area contributed by atoms with Gasteiger partial charge in [-0.1, -0.05) is 13.0 Å². The Morgan fingerprint density at radius 2 is 1.77 bits per heavy atom. The van der Waals surface area contributed by atoms with Gasteiger partial charge < -0.3 is 14.7 Å². The number of fused-ring (bicyclic) bond motifs is 1. The summed E-state index contributed by atoms with van der Waals surface area (Å²) in [6.07, 6.45) is -0.397. The number of carbonyl (C=O) groups is 1. The number of benzene rings is 1. The Bertz CT molecular complexity index is 917. The summed E-state index contributed by atoms with van der Waals surface area (Å²) < 4.78 is 39.1. The quantitative estimate of drug-likeness (QED) is 0.729. The third-order valence-electron chi connectivity index (χ3n) is 6.64. The average Bonchev–Trinajstić information content (AvgIpc) is 2.78. The van der Waals surface area contributed by atoms with Gasteiger partial charge in [0.25, 0.3) is 0 Å². The van der Waals surface area contributed by atoms with Gasteiger partial charge in [-0.3, -0.25) is 9.78 Å². The van der Waals surface area contributed by atoms with E-state index in [4.69, 9.17) is 0 Å². The maximum absolute atomic E-state index is 13.0. The van der Waals surface area contributed by atoms with Crippen molar-refractivity contribution in [1.82, 2.24) is 14.8 Å². The van der Waals surface area contributed by atoms with Crippen molar-refractivity contribution in [2.45, 2.75) is 32.4 Å². The number of carbonyl (C=O) groups excluding carboxylic acids is 1. The SMILES string of the molecule is CCN1CCN(C(=O)CC2CCN(c3ccnc4cc(C(F)(F)F)ccc34)CC2)CC1. The normalized spacial score (nSPS) is 19.2. The van der Waals surface area contributed by atoms with E-state index < -0.39 is 11.7 Å². The number of rotatable bonds is 4. The van der Waals surface area contributed by atoms with Crippen LogP contribution >= 0.6 is 0 Å². The number of piperidine rings is 1. The van der Waals surface area contributed by atoms with E-state index in [1.165, 1.54) is 6.07 Å². The third-order valence-corrected chi connectivity index (χ3v) is 6.64. The van der Waals surface area contributed by atoms with Crippen molar-refractivity contribution in [3.05, 3.63) is 36.0 Å². The number of nitrogens with zero attached hydrogens (tertiary/aromatic N) is 4. The lowest BCUT2D eigenvalue weighted by molar-refractivity contribution is -0.137. The molecule has 0 unspecified atom stereocenters. The lowest BCUT2D eigenvalue weighted by Crippen LogP contribution is -2.49. The van der Waals surface area contributed by atoms with Gasteiger partial charge in [-0.15, -0.1) is 0 Å². The molecule has 1 aromatic carbocycles. The number of likely N-dealkylation sites (N-methyl/N-ethyl adjacent to an activating group) is 1. The maximum atomic E-state index is 13.0. The largest absolute Gasteiger partial charge is 0.416 e. The summed E-state index contributed by atoms with van der Waals surface area (Å²) in [7, 11) is 0. The van der Waals surface area contributed by atoms with E-state index in [-0.39, 0.29) is 5.91 Å². The van der Waals surface area contributed by atoms with E-state index in [9.17, 15) is 18.0 Å². The van der Waals surface area contributed by atoms with Gasteiger partial charge >= 0.3 is 6.18 Å². The van der Waals surface area contributed by atoms with Gasteiger partial charge in [0.15, 0.2) is 0 Å². The number of aromatic nitrogens is 1. The molecule has 5 nitrogen and oxygen atoms in total. The van der Waals surface area contributed by atoms with Crippen LogP contribution < -0.4 is 4.90 Å². The maximum Gasteiger partial charge on any atom is 0.416 e. The second-order valence-corrected chi connectivity index (χ2v) is 8.51. The summed E-state index contributed by atoms with van der Waals surface area (Å²) in [5.74, 6) is 0.612. The zero-order valence-corrected chi connectivity index (χ0v) is 17.9. The zero-order chi connectivity index (χ0) is 22.0. The number of amides is 1. The molecule has 2 fully saturated rings. The standard InChI is InChI=1S/C23H29F3N4O/c1-2-28-11-13-30(14-12-28)22(31)15-17-6-9-29(10-7-17)21-5-8-27-20-16-18(23(24,25)26)3-4-19(20)21/h3-5,8,16-17H,2,6-7,9-15H2,1H3. The number of hydrogen-bond acceptors (Lipinski definition) is 4. The summed E-state index contributed by atoms with van der Waals surface area (Å²) in [6.45, 7) is 8.29. The highest BCUT2D eigenvalue weighted by molar-refractivity contribution is 5.92. The lowest BCUT2D eigenvalue weighted by atomic mass is 9.92. The van der Waals surface area contributed by atoms with Crippen molar-refractivity contribution in [3.63, 3.8) is 0 Å². The van der Waals surface area contributed by atoms with Gasteiger partial charge in [0, 0.05) is 63.0 Å². The smallest absolute Gasteiger partial charge is 0.371 e. The summed E-state index contributed by atoms with van der Waals surface area (Å²) in [5, 5.41) is 0.735. The average molecular weight is 435 g/mol. The number of piperazine rings is 1. The summed E-state index contributed by atoms with van der Waals surface area (Å²) >= 11 is 0. The molecule has 0 spiro atoms. The minimum Gasteiger partial charge on any atom is -0.371 e. The second kappa shape index (κ2) is 9.02. The molecular weight excluding hydrogens is 405 g/mol. The van der Waals surface area contributed by atoms with Crippen LogP contribution in [0.2, 0.25) is 0 Å². The van der Waals surface area contributed by atoms with Gasteiger partial charge in [0.2, 0.25) is 5.91 Å². The molecule has 0 saturated carbocycles. The van der Waals surface area contributed by atoms with Gasteiger partial charge in [-0.2, -0.15) is 13.2 Å². The minimum atomic E-state index is -4.38. The van der Waals surface area contributed by atoms with Crippen molar-refractivity contribution < 1.29 is 18.0 Å². The van der Waals surface area contributed by atoms with Crippen molar-refractivity contribution in [2.75, 3.05) is 50.7 Å². The predicted octanol–water partition coefficient (Wildman–Crippen LogP) is 4.02. The van der Waals surface area contributed by atoms with Crippen LogP contribution in [0.4, 0.5) is 18.9 Å². The Hall–Kier alpha value is -2.35. The third kappa shape index (κ3) is 4.95. The second-order valence-electron chi connectivity index (χ2n) is 8.51. The Balaban J connectivity index is 1.36. The molecule has 2 aliphatic heterocycles. The Morgan fingerprint density at radius 1 is 1.06 bits per heavy atom. The fourth-order valence-electron chi connectivity index (χ4n) is 4.65. The van der Waals surface area contributed by atoms with Crippen molar-refractivity contribution in [3.8, 4) is 0 Å². The molecule has 3 heterocycles. The fourth-order valence-corrected chi connectivity index (χ4v) is 4.65. The van der Waals surface area contributed by atoms with E-state index in [2.05, 4.69) is 21.7 Å². The van der Waals surface area contributed by atoms with Gasteiger partial charge in [-0.05, 0) is 43.5 Å². The van der Waals surface area contributed by atoms with Crippen molar-refractivity contribution in [1.29, 1.82) is 0 Å². The molecule has 0 radical (unpaired) electrons. The molecule has 0 aliphatic carbocycles. The highest BCUT2D eigenvalue weighted by Gasteiger charge is 2.31. The van der Waals surface area contributed by atoms with E-state index in [1.54, 1.807) is 6.20 Å². The fraction of sp³-hybridized carbons (Fsp3) is 0.565. The first-order valence-corrected chi connectivity index (χ1v) is 11.1. The molecule has 4 rings (SSSR count). The first-order chi connectivity index (χ1) is 14.8. The minimum absolute atomic E-state index is 0.253. The summed E-state index contributed by atoms with van der Waals surface area (Å²) in [5.41, 5.74) is 0.594. The summed E-state index contributed by atoms with van der Waals surface area (Å²) in [4.78, 5) is 23.4. The molecule has 2 saturated heterocycles. The van der Waals surface area contributed by atoms with E-state index >= 15 is 0 Å². The van der Waals surface area contributed by atoms with Crippen LogP contribution in [0.25, 0.3) is 10.9 Å². The van der Waals surface area contributed by atoms with Gasteiger partial charge in [0.05, 0.1) is 11.1 Å². The molecule has 0 atom stereocenters. The van der Waals surface area contributed by atoms with Crippen LogP contribution in [0, 0.1) is 5.92 Å². The number of anilines is 1. The zero-order valence-electron chi connectivity index (χ0n) is 17.9. The van der Waals surface area contributed by atoms with Crippen LogP contribution in [0.15, 0.2) is 30.5 Å². The molecule has 31 heavy (non-hydrogen) atoms. The molecule has 8 heteroatoms. The van der Waals surface area contributed by atoms with Gasteiger partial charge in [0.1, 0.15) is 0 Å². The first-order valence-electron chi connectivity index (χ1n) is 11.1. The van der Waals surface area contributed by atoms with Crippen LogP contribution in [-0.4, -0.2) is 66.5 Å². The molecule has 2 aromatic rings. The highest BCUT2D eigenvalue weighted by atomic mass is 19.4. The monoisotopic (exact) mass is 434 g/mol. The molecule has 1 aromatic heterocycles. The number of halogens is 3. The molecule has 2 aliphatic rings. The lowest BCUT2D eigenvalue weighted by Gasteiger charge is -2.37. The van der Waals surface area contributed by atoms with E-state index in [0.717, 1.165) is 81.9 Å². The van der Waals surface area contributed by atoms with E-state index in [0.29, 0.717) is 17.9 Å². The highest BCUT2D eigenvalue weighted by Crippen LogP contribution is 2.35. The summed E-state index contributed by atoms with van der Waals surface area (Å²) in [6, 6.07) is 5.63. The van der Waals surface area contributed by atoms with Crippen molar-refractivity contribution in [2.24, 2.45) is 5.92 Å². The molecule has 0 N–H and O–H groups in total. The molecule has 1 amide bonds. The number of pyridine rings is 1. The predicted molar refractivity (Wildman–Crippen MR) is 115 cm³/mol. The Kier molecular flexibility index (Phi) is 6.36. The van der Waals surface area contributed by atoms with Gasteiger partial charge in [-0.25, -0.2) is 0 Å². The van der Waals surface area contributed by atoms with Crippen LogP contribution in [0.5, 0.6) is 0 Å². The van der Waals surface area contributed by atoms with E-state index in [1.807, 2.05) is 11.0 Å². The van der Waals surface area contributed by atoms with Crippen molar-refractivity contribution >= 4 is 22.5 Å². The Morgan fingerprint density at radius 3 is 2.42 bits per heavy atom. The molecular formula is C23H29F3N4O. The topological polar surface area (TPSA) is 39.7 Å². The molecule has 0 bridgehead atoms. The van der Waals surface area contributed by atoms with Crippen LogP contribution in [0.1, 0.15) is 31.7 Å². The Labute approximate surface area is 180 Å². The van der Waals surface area contributed by atoms with Crippen LogP contribution in [-0.2, 0) is 11.0 Å². The number of alkyl halides is 3. The first kappa shape index (κ1) is 21.9. The van der Waals surface area contributed by atoms with Crippen LogP contribution in [0.3, 0.4) is 0 Å². The number of hydrogen-bond donors (Lipinski definition) is 0.